The zero-order valence-corrected chi connectivity index (χ0v) is 11.2. The molecule has 0 aliphatic carbocycles. The Bertz CT molecular complexity index is 613. The minimum absolute atomic E-state index is 0.111. The molecular formula is C14H15F2N3O2. The van der Waals surface area contributed by atoms with Crippen LogP contribution in [-0.4, -0.2) is 33.1 Å². The maximum atomic E-state index is 12.1. The van der Waals surface area contributed by atoms with E-state index in [1.165, 1.54) is 12.1 Å². The summed E-state index contributed by atoms with van der Waals surface area (Å²) in [5.74, 6) is 1.89. The number of aliphatic hydroxyl groups excluding tert-OH is 1. The van der Waals surface area contributed by atoms with Gasteiger partial charge in [-0.25, -0.2) is 0 Å². The van der Waals surface area contributed by atoms with Gasteiger partial charge in [0.25, 0.3) is 0 Å². The molecule has 0 bridgehead atoms. The topological polar surface area (TPSA) is 60.2 Å². The average Bonchev–Trinajstić information content (AvgIpc) is 2.90. The molecule has 0 amide bonds. The molecule has 0 spiro atoms. The zero-order valence-electron chi connectivity index (χ0n) is 11.2. The van der Waals surface area contributed by atoms with Crippen LogP contribution in [0.2, 0.25) is 0 Å². The molecule has 3 rings (SSSR count). The van der Waals surface area contributed by atoms with Crippen LogP contribution in [-0.2, 0) is 13.0 Å². The molecule has 2 heterocycles. The van der Waals surface area contributed by atoms with E-state index in [1.54, 1.807) is 12.1 Å². The minimum Gasteiger partial charge on any atom is -0.435 e. The number of rotatable bonds is 4. The molecule has 1 aromatic heterocycles. The maximum absolute atomic E-state index is 12.1. The van der Waals surface area contributed by atoms with Crippen LogP contribution in [0.1, 0.15) is 12.2 Å². The van der Waals surface area contributed by atoms with Gasteiger partial charge in [0.1, 0.15) is 11.6 Å². The Kier molecular flexibility index (Phi) is 3.83. The van der Waals surface area contributed by atoms with Crippen molar-refractivity contribution in [2.75, 3.05) is 6.61 Å². The summed E-state index contributed by atoms with van der Waals surface area (Å²) in [5.41, 5.74) is 0.786. The van der Waals surface area contributed by atoms with Crippen molar-refractivity contribution in [3.63, 3.8) is 0 Å². The van der Waals surface area contributed by atoms with Crippen LogP contribution in [0, 0.1) is 5.92 Å². The van der Waals surface area contributed by atoms with Gasteiger partial charge in [0.05, 0.1) is 0 Å². The second kappa shape index (κ2) is 5.77. The van der Waals surface area contributed by atoms with Crippen LogP contribution >= 0.6 is 0 Å². The molecule has 0 radical (unpaired) electrons. The van der Waals surface area contributed by atoms with Crippen LogP contribution in [0.3, 0.4) is 0 Å². The van der Waals surface area contributed by atoms with Gasteiger partial charge >= 0.3 is 6.61 Å². The number of benzene rings is 1. The second-order valence-electron chi connectivity index (χ2n) is 5.04. The van der Waals surface area contributed by atoms with Crippen molar-refractivity contribution in [2.24, 2.45) is 5.92 Å². The maximum Gasteiger partial charge on any atom is 0.387 e. The number of fused-ring (bicyclic) bond motifs is 1. The van der Waals surface area contributed by atoms with Gasteiger partial charge in [0.2, 0.25) is 0 Å². The van der Waals surface area contributed by atoms with Gasteiger partial charge in [-0.2, -0.15) is 8.78 Å². The molecule has 1 aliphatic rings. The lowest BCUT2D eigenvalue weighted by molar-refractivity contribution is -0.0498. The third-order valence-electron chi connectivity index (χ3n) is 3.64. The van der Waals surface area contributed by atoms with E-state index in [-0.39, 0.29) is 18.3 Å². The average molecular weight is 295 g/mol. The standard InChI is InChI=1S/C14H15F2N3O2/c15-14(16)21-11-4-2-10(3-5-11)13-18-17-12-6-1-9(8-20)7-19(12)13/h2-5,9,14,20H,1,6-8H2. The van der Waals surface area contributed by atoms with Gasteiger partial charge in [-0.15, -0.1) is 10.2 Å². The first-order valence-electron chi connectivity index (χ1n) is 6.75. The number of halogens is 2. The van der Waals surface area contributed by atoms with Crippen molar-refractivity contribution in [3.05, 3.63) is 30.1 Å². The second-order valence-corrected chi connectivity index (χ2v) is 5.04. The molecule has 1 atom stereocenters. The summed E-state index contributed by atoms with van der Waals surface area (Å²) < 4.78 is 30.6. The molecule has 1 N–H and O–H groups in total. The molecule has 5 nitrogen and oxygen atoms in total. The zero-order chi connectivity index (χ0) is 14.8. The Morgan fingerprint density at radius 2 is 2.05 bits per heavy atom. The lowest BCUT2D eigenvalue weighted by atomic mass is 10.00. The summed E-state index contributed by atoms with van der Waals surface area (Å²) in [6, 6.07) is 6.32. The molecule has 7 heteroatoms. The van der Waals surface area contributed by atoms with E-state index in [0.717, 1.165) is 24.2 Å². The lowest BCUT2D eigenvalue weighted by Crippen LogP contribution is -2.23. The van der Waals surface area contributed by atoms with Gasteiger partial charge in [-0.3, -0.25) is 0 Å². The van der Waals surface area contributed by atoms with Crippen LogP contribution in [0.4, 0.5) is 8.78 Å². The highest BCUT2D eigenvalue weighted by molar-refractivity contribution is 5.56. The molecule has 1 aliphatic heterocycles. The summed E-state index contributed by atoms with van der Waals surface area (Å²) in [4.78, 5) is 0. The Labute approximate surface area is 120 Å². The lowest BCUT2D eigenvalue weighted by Gasteiger charge is -2.22. The van der Waals surface area contributed by atoms with Gasteiger partial charge in [-0.05, 0) is 30.7 Å². The van der Waals surface area contributed by atoms with Crippen LogP contribution in [0.25, 0.3) is 11.4 Å². The third-order valence-corrected chi connectivity index (χ3v) is 3.64. The van der Waals surface area contributed by atoms with Crippen LogP contribution in [0.5, 0.6) is 5.75 Å². The minimum atomic E-state index is -2.83. The summed E-state index contributed by atoms with van der Waals surface area (Å²) >= 11 is 0. The predicted octanol–water partition coefficient (Wildman–Crippen LogP) is 2.10. The summed E-state index contributed by atoms with van der Waals surface area (Å²) in [6.45, 7) is -2.02. The molecule has 0 saturated heterocycles. The van der Waals surface area contributed by atoms with E-state index in [1.807, 2.05) is 4.57 Å². The van der Waals surface area contributed by atoms with Gasteiger partial charge in [0.15, 0.2) is 5.82 Å². The highest BCUT2D eigenvalue weighted by atomic mass is 19.3. The molecule has 112 valence electrons. The third kappa shape index (κ3) is 2.87. The number of nitrogens with zero attached hydrogens (tertiary/aromatic N) is 3. The van der Waals surface area contributed by atoms with Crippen molar-refractivity contribution < 1.29 is 18.6 Å². The number of hydrogen-bond donors (Lipinski definition) is 1. The van der Waals surface area contributed by atoms with E-state index in [0.29, 0.717) is 12.4 Å². The molecular weight excluding hydrogens is 280 g/mol. The number of ether oxygens (including phenoxy) is 1. The number of aromatic nitrogens is 3. The Balaban J connectivity index is 1.86. The summed E-state index contributed by atoms with van der Waals surface area (Å²) in [5, 5.41) is 17.6. The summed E-state index contributed by atoms with van der Waals surface area (Å²) in [6.07, 6.45) is 1.68. The molecule has 21 heavy (non-hydrogen) atoms. The molecule has 0 fully saturated rings. The highest BCUT2D eigenvalue weighted by Gasteiger charge is 2.23. The number of alkyl halides is 2. The molecule has 1 unspecified atom stereocenters. The van der Waals surface area contributed by atoms with Crippen molar-refractivity contribution in [1.29, 1.82) is 0 Å². The quantitative estimate of drug-likeness (QED) is 0.938. The first-order valence-corrected chi connectivity index (χ1v) is 6.75. The molecule has 2 aromatic rings. The van der Waals surface area contributed by atoms with E-state index < -0.39 is 6.61 Å². The van der Waals surface area contributed by atoms with Crippen LogP contribution in [0.15, 0.2) is 24.3 Å². The molecule has 0 saturated carbocycles. The number of aryl methyl sites for hydroxylation is 1. The normalized spacial score (nSPS) is 17.8. The fourth-order valence-electron chi connectivity index (χ4n) is 2.54. The first kappa shape index (κ1) is 13.9. The van der Waals surface area contributed by atoms with Crippen molar-refractivity contribution >= 4 is 0 Å². The molecule has 1 aromatic carbocycles. The van der Waals surface area contributed by atoms with E-state index in [4.69, 9.17) is 0 Å². The van der Waals surface area contributed by atoms with E-state index >= 15 is 0 Å². The largest absolute Gasteiger partial charge is 0.435 e. The predicted molar refractivity (Wildman–Crippen MR) is 71.0 cm³/mol. The fourth-order valence-corrected chi connectivity index (χ4v) is 2.54. The van der Waals surface area contributed by atoms with Gasteiger partial charge in [0, 0.05) is 31.1 Å². The van der Waals surface area contributed by atoms with Gasteiger partial charge in [-0.1, -0.05) is 0 Å². The monoisotopic (exact) mass is 295 g/mol. The van der Waals surface area contributed by atoms with Crippen molar-refractivity contribution in [3.8, 4) is 17.1 Å². The van der Waals surface area contributed by atoms with E-state index in [2.05, 4.69) is 14.9 Å². The highest BCUT2D eigenvalue weighted by Crippen LogP contribution is 2.27. The fraction of sp³-hybridized carbons (Fsp3) is 0.429. The Hall–Kier alpha value is -2.02. The Morgan fingerprint density at radius 3 is 2.71 bits per heavy atom. The van der Waals surface area contributed by atoms with Crippen molar-refractivity contribution in [1.82, 2.24) is 14.8 Å². The van der Waals surface area contributed by atoms with Crippen LogP contribution < -0.4 is 4.74 Å². The Morgan fingerprint density at radius 1 is 1.29 bits per heavy atom. The van der Waals surface area contributed by atoms with Gasteiger partial charge < -0.3 is 14.4 Å². The smallest absolute Gasteiger partial charge is 0.387 e. The SMILES string of the molecule is OCC1CCc2nnc(-c3ccc(OC(F)F)cc3)n2C1. The van der Waals surface area contributed by atoms with Crippen molar-refractivity contribution in [2.45, 2.75) is 26.0 Å². The number of hydrogen-bond acceptors (Lipinski definition) is 4. The van der Waals surface area contributed by atoms with E-state index in [9.17, 15) is 13.9 Å². The summed E-state index contributed by atoms with van der Waals surface area (Å²) in [7, 11) is 0. The first-order chi connectivity index (χ1) is 10.2. The number of aliphatic hydroxyl groups is 1.